The van der Waals surface area contributed by atoms with Gasteiger partial charge in [0, 0.05) is 10.6 Å². The molecule has 0 aliphatic carbocycles. The minimum absolute atomic E-state index is 0.438. The number of ether oxygens (including phenoxy) is 2. The van der Waals surface area contributed by atoms with Gasteiger partial charge in [0.2, 0.25) is 0 Å². The zero-order valence-electron chi connectivity index (χ0n) is 14.1. The monoisotopic (exact) mass is 374 g/mol. The summed E-state index contributed by atoms with van der Waals surface area (Å²) in [4.78, 5) is 12.2. The Labute approximate surface area is 153 Å². The van der Waals surface area contributed by atoms with E-state index in [1.807, 2.05) is 24.3 Å². The molecule has 0 amide bonds. The van der Waals surface area contributed by atoms with Gasteiger partial charge in [-0.3, -0.25) is 0 Å². The highest BCUT2D eigenvalue weighted by Crippen LogP contribution is 2.60. The third-order valence-corrected chi connectivity index (χ3v) is 6.96. The van der Waals surface area contributed by atoms with Crippen LogP contribution in [0.1, 0.15) is 5.56 Å². The summed E-state index contributed by atoms with van der Waals surface area (Å²) in [7, 11) is 6.66. The molecule has 0 fully saturated rings. The average molecular weight is 375 g/mol. The van der Waals surface area contributed by atoms with Crippen LogP contribution in [0.4, 0.5) is 4.79 Å². The van der Waals surface area contributed by atoms with E-state index in [0.717, 1.165) is 10.6 Å². The Bertz CT molecular complexity index is 886. The first-order chi connectivity index (χ1) is 12.0. The summed E-state index contributed by atoms with van der Waals surface area (Å²) in [6.07, 6.45) is 1.34. The van der Waals surface area contributed by atoms with E-state index >= 15 is 0 Å². The lowest BCUT2D eigenvalue weighted by molar-refractivity contribution is 0.121. The average Bonchev–Trinajstić information content (AvgIpc) is 2.62. The number of hydrogen-bond acceptors (Lipinski definition) is 3. The van der Waals surface area contributed by atoms with E-state index < -0.39 is 15.4 Å². The molecule has 3 aromatic carbocycles. The highest BCUT2D eigenvalue weighted by molar-refractivity contribution is 8.50. The number of benzene rings is 3. The topological polar surface area (TPSA) is 35.5 Å². The fourth-order valence-corrected chi connectivity index (χ4v) is 5.09. The molecular weight excluding hydrogens is 356 g/mol. The molecule has 0 heterocycles. The van der Waals surface area contributed by atoms with Gasteiger partial charge in [0.1, 0.15) is 5.75 Å². The molecule has 3 nitrogen and oxygen atoms in total. The number of hydrogen-bond donors (Lipinski definition) is 0. The fourth-order valence-electron chi connectivity index (χ4n) is 2.72. The van der Waals surface area contributed by atoms with Crippen molar-refractivity contribution in [1.29, 1.82) is 0 Å². The molecule has 0 aliphatic rings. The molecule has 0 saturated heterocycles. The fraction of sp³-hybridized carbons (Fsp3) is 0.150. The van der Waals surface area contributed by atoms with E-state index in [2.05, 4.69) is 41.3 Å². The lowest BCUT2D eigenvalue weighted by atomic mass is 10.1. The highest BCUT2D eigenvalue weighted by Gasteiger charge is 2.20. The van der Waals surface area contributed by atoms with Crippen molar-refractivity contribution in [3.05, 3.63) is 72.3 Å². The zero-order valence-corrected chi connectivity index (χ0v) is 15.6. The van der Waals surface area contributed by atoms with Crippen molar-refractivity contribution in [2.45, 2.75) is 10.6 Å². The summed E-state index contributed by atoms with van der Waals surface area (Å²) in [6, 6.07) is 21.9. The molecule has 0 aromatic heterocycles. The molecule has 0 N–H and O–H groups in total. The van der Waals surface area contributed by atoms with Crippen molar-refractivity contribution in [3.8, 4) is 5.75 Å². The summed E-state index contributed by atoms with van der Waals surface area (Å²) < 4.78 is 9.50. The first-order valence-electron chi connectivity index (χ1n) is 7.78. The molecule has 3 aromatic rings. The molecule has 25 heavy (non-hydrogen) atoms. The van der Waals surface area contributed by atoms with Crippen LogP contribution in [0.15, 0.2) is 71.6 Å². The minimum Gasteiger partial charge on any atom is -0.437 e. The minimum atomic E-state index is -1.56. The van der Waals surface area contributed by atoms with Crippen LogP contribution in [0.3, 0.4) is 0 Å². The summed E-state index contributed by atoms with van der Waals surface area (Å²) >= 11 is 0. The highest BCUT2D eigenvalue weighted by atomic mass is 35.7. The standard InChI is InChI=1S/C20H19ClO3S/c1-23-20(22)24-17-10-12-18(13-11-17)25(2,21)14-16-8-5-7-15-6-3-4-9-19(15)16/h3-13H,14H2,1-2H3. The van der Waals surface area contributed by atoms with Gasteiger partial charge in [-0.25, -0.2) is 4.79 Å². The van der Waals surface area contributed by atoms with Crippen LogP contribution < -0.4 is 4.74 Å². The van der Waals surface area contributed by atoms with E-state index in [1.54, 1.807) is 12.1 Å². The third-order valence-electron chi connectivity index (χ3n) is 3.99. The molecule has 1 unspecified atom stereocenters. The Morgan fingerprint density at radius 3 is 2.40 bits per heavy atom. The summed E-state index contributed by atoms with van der Waals surface area (Å²) in [5.74, 6) is 1.21. The van der Waals surface area contributed by atoms with Crippen LogP contribution in [-0.4, -0.2) is 19.5 Å². The second-order valence-electron chi connectivity index (χ2n) is 5.79. The van der Waals surface area contributed by atoms with Crippen molar-refractivity contribution in [1.82, 2.24) is 0 Å². The van der Waals surface area contributed by atoms with Crippen LogP contribution in [0.25, 0.3) is 10.8 Å². The molecule has 0 bridgehead atoms. The van der Waals surface area contributed by atoms with Gasteiger partial charge in [0.25, 0.3) is 0 Å². The quantitative estimate of drug-likeness (QED) is 0.407. The third kappa shape index (κ3) is 4.09. The normalized spacial score (nSPS) is 14.5. The van der Waals surface area contributed by atoms with Crippen LogP contribution in [0.5, 0.6) is 5.75 Å². The van der Waals surface area contributed by atoms with Gasteiger partial charge in [-0.05, 0) is 46.9 Å². The molecule has 0 aliphatic heterocycles. The number of halogens is 1. The molecule has 1 atom stereocenters. The van der Waals surface area contributed by atoms with Gasteiger partial charge in [0.15, 0.2) is 0 Å². The second-order valence-corrected chi connectivity index (χ2v) is 10.5. The van der Waals surface area contributed by atoms with E-state index in [0.29, 0.717) is 5.75 Å². The molecule has 3 rings (SSSR count). The number of carbonyl (C=O) groups is 1. The first-order valence-corrected chi connectivity index (χ1v) is 10.8. The van der Waals surface area contributed by atoms with Crippen LogP contribution in [0, 0.1) is 0 Å². The predicted octanol–water partition coefficient (Wildman–Crippen LogP) is 6.13. The Balaban J connectivity index is 1.84. The number of carbonyl (C=O) groups excluding carboxylic acids is 1. The van der Waals surface area contributed by atoms with Crippen LogP contribution in [0.2, 0.25) is 0 Å². The molecule has 0 spiro atoms. The van der Waals surface area contributed by atoms with Crippen molar-refractivity contribution in [3.63, 3.8) is 0 Å². The summed E-state index contributed by atoms with van der Waals surface area (Å²) in [5.41, 5.74) is 1.24. The van der Waals surface area contributed by atoms with Crippen molar-refractivity contribution in [2.75, 3.05) is 13.4 Å². The van der Waals surface area contributed by atoms with Crippen LogP contribution in [-0.2, 0) is 10.5 Å². The Kier molecular flexibility index (Phi) is 5.21. The number of fused-ring (bicyclic) bond motifs is 1. The first kappa shape index (κ1) is 17.6. The smallest absolute Gasteiger partial charge is 0.437 e. The van der Waals surface area contributed by atoms with Gasteiger partial charge in [-0.2, -0.15) is 0 Å². The number of rotatable bonds is 4. The molecule has 0 saturated carbocycles. The number of methoxy groups -OCH3 is 1. The Morgan fingerprint density at radius 2 is 1.68 bits per heavy atom. The molecule has 130 valence electrons. The van der Waals surface area contributed by atoms with E-state index in [9.17, 15) is 4.79 Å². The van der Waals surface area contributed by atoms with E-state index in [4.69, 9.17) is 15.4 Å². The largest absolute Gasteiger partial charge is 0.513 e. The maximum absolute atomic E-state index is 11.2. The molecule has 5 heteroatoms. The van der Waals surface area contributed by atoms with Crippen molar-refractivity contribution in [2.24, 2.45) is 0 Å². The SMILES string of the molecule is COC(=O)Oc1ccc(S(C)(Cl)Cc2cccc3ccccc23)cc1. The van der Waals surface area contributed by atoms with Gasteiger partial charge < -0.3 is 9.47 Å². The predicted molar refractivity (Wildman–Crippen MR) is 105 cm³/mol. The second kappa shape index (κ2) is 7.38. The maximum atomic E-state index is 11.2. The summed E-state index contributed by atoms with van der Waals surface area (Å²) in [6.45, 7) is 0. The Hall–Kier alpha value is -2.17. The maximum Gasteiger partial charge on any atom is 0.513 e. The van der Waals surface area contributed by atoms with Crippen molar-refractivity contribution < 1.29 is 14.3 Å². The zero-order chi connectivity index (χ0) is 17.9. The van der Waals surface area contributed by atoms with Gasteiger partial charge in [0.05, 0.1) is 7.11 Å². The lowest BCUT2D eigenvalue weighted by Gasteiger charge is -2.29. The van der Waals surface area contributed by atoms with Gasteiger partial charge >= 0.3 is 6.16 Å². The van der Waals surface area contributed by atoms with Gasteiger partial charge in [-0.15, -0.1) is 9.24 Å². The van der Waals surface area contributed by atoms with Crippen molar-refractivity contribution >= 4 is 36.9 Å². The van der Waals surface area contributed by atoms with Gasteiger partial charge in [-0.1, -0.05) is 53.1 Å². The molecule has 0 radical (unpaired) electrons. The lowest BCUT2D eigenvalue weighted by Crippen LogP contribution is -2.07. The van der Waals surface area contributed by atoms with Crippen LogP contribution >= 0.6 is 19.9 Å². The molecular formula is C20H19ClO3S. The van der Waals surface area contributed by atoms with E-state index in [1.165, 1.54) is 23.4 Å². The Morgan fingerprint density at radius 1 is 1.00 bits per heavy atom. The summed E-state index contributed by atoms with van der Waals surface area (Å²) in [5, 5.41) is 2.45. The van der Waals surface area contributed by atoms with E-state index in [-0.39, 0.29) is 0 Å².